The Morgan fingerprint density at radius 2 is 2.29 bits per heavy atom. The van der Waals surface area contributed by atoms with Crippen molar-refractivity contribution >= 4 is 24.3 Å². The predicted molar refractivity (Wildman–Crippen MR) is 59.9 cm³/mol. The third-order valence-electron chi connectivity index (χ3n) is 2.58. The zero-order valence-corrected chi connectivity index (χ0v) is 8.87. The van der Waals surface area contributed by atoms with Gasteiger partial charge in [-0.05, 0) is 11.6 Å². The van der Waals surface area contributed by atoms with Crippen LogP contribution < -0.4 is 0 Å². The van der Waals surface area contributed by atoms with E-state index in [1.807, 2.05) is 17.8 Å². The molecule has 0 saturated carbocycles. The van der Waals surface area contributed by atoms with Gasteiger partial charge in [0.25, 0.3) is 0 Å². The summed E-state index contributed by atoms with van der Waals surface area (Å²) in [6.45, 7) is 2.19. The monoisotopic (exact) mass is 210 g/mol. The molecule has 2 aliphatic rings. The van der Waals surface area contributed by atoms with Crippen LogP contribution in [0.15, 0.2) is 16.6 Å². The SMILES string of the molecule is O=CC1=CC=NC(N2CCSCC2)C1. The first-order valence-corrected chi connectivity index (χ1v) is 6.05. The van der Waals surface area contributed by atoms with Crippen LogP contribution in [0.25, 0.3) is 0 Å². The van der Waals surface area contributed by atoms with Crippen molar-refractivity contribution < 1.29 is 4.79 Å². The molecule has 1 atom stereocenters. The van der Waals surface area contributed by atoms with Gasteiger partial charge in [0.1, 0.15) is 12.5 Å². The number of hydrogen-bond acceptors (Lipinski definition) is 4. The smallest absolute Gasteiger partial charge is 0.146 e. The highest BCUT2D eigenvalue weighted by atomic mass is 32.2. The first kappa shape index (κ1) is 9.93. The molecule has 0 aliphatic carbocycles. The van der Waals surface area contributed by atoms with E-state index >= 15 is 0 Å². The van der Waals surface area contributed by atoms with Gasteiger partial charge < -0.3 is 0 Å². The van der Waals surface area contributed by atoms with E-state index in [1.54, 1.807) is 6.21 Å². The van der Waals surface area contributed by atoms with E-state index in [0.717, 1.165) is 31.4 Å². The molecule has 0 aromatic heterocycles. The quantitative estimate of drug-likeness (QED) is 0.636. The van der Waals surface area contributed by atoms with Crippen LogP contribution >= 0.6 is 11.8 Å². The van der Waals surface area contributed by atoms with Gasteiger partial charge in [0, 0.05) is 37.2 Å². The van der Waals surface area contributed by atoms with Gasteiger partial charge in [-0.1, -0.05) is 0 Å². The maximum atomic E-state index is 10.6. The lowest BCUT2D eigenvalue weighted by Gasteiger charge is -2.32. The second-order valence-electron chi connectivity index (χ2n) is 3.49. The van der Waals surface area contributed by atoms with Crippen LogP contribution in [-0.4, -0.2) is 48.2 Å². The number of thioether (sulfide) groups is 1. The second kappa shape index (κ2) is 4.75. The lowest BCUT2D eigenvalue weighted by molar-refractivity contribution is -0.105. The van der Waals surface area contributed by atoms with Crippen LogP contribution in [0.1, 0.15) is 6.42 Å². The molecule has 3 nitrogen and oxygen atoms in total. The topological polar surface area (TPSA) is 32.7 Å². The Bertz CT molecular complexity index is 269. The highest BCUT2D eigenvalue weighted by molar-refractivity contribution is 7.99. The summed E-state index contributed by atoms with van der Waals surface area (Å²) in [7, 11) is 0. The Kier molecular flexibility index (Phi) is 3.37. The minimum atomic E-state index is 0.209. The Hall–Kier alpha value is -0.610. The molecule has 2 rings (SSSR count). The molecule has 2 aliphatic heterocycles. The standard InChI is InChI=1S/C10H14N2OS/c13-8-9-1-2-11-10(7-9)12-3-5-14-6-4-12/h1-2,8,10H,3-7H2. The number of allylic oxidation sites excluding steroid dienone is 1. The summed E-state index contributed by atoms with van der Waals surface area (Å²) in [5.41, 5.74) is 0.864. The van der Waals surface area contributed by atoms with Gasteiger partial charge in [-0.15, -0.1) is 0 Å². The number of carbonyl (C=O) groups is 1. The molecule has 2 heterocycles. The fourth-order valence-electron chi connectivity index (χ4n) is 1.76. The normalized spacial score (nSPS) is 28.6. The van der Waals surface area contributed by atoms with Crippen LogP contribution in [0.2, 0.25) is 0 Å². The number of hydrogen-bond donors (Lipinski definition) is 0. The van der Waals surface area contributed by atoms with Crippen molar-refractivity contribution in [3.63, 3.8) is 0 Å². The molecular formula is C10H14N2OS. The van der Waals surface area contributed by atoms with E-state index in [2.05, 4.69) is 9.89 Å². The fraction of sp³-hybridized carbons (Fsp3) is 0.600. The van der Waals surface area contributed by atoms with Crippen LogP contribution in [0.4, 0.5) is 0 Å². The summed E-state index contributed by atoms with van der Waals surface area (Å²) in [6, 6.07) is 0. The fourth-order valence-corrected chi connectivity index (χ4v) is 2.69. The summed E-state index contributed by atoms with van der Waals surface area (Å²) in [5.74, 6) is 2.37. The number of rotatable bonds is 2. The number of aldehydes is 1. The summed E-state index contributed by atoms with van der Waals surface area (Å²) < 4.78 is 0. The molecule has 0 amide bonds. The number of carbonyl (C=O) groups excluding carboxylic acids is 1. The van der Waals surface area contributed by atoms with Crippen molar-refractivity contribution in [2.75, 3.05) is 24.6 Å². The summed E-state index contributed by atoms with van der Waals surface area (Å²) in [5, 5.41) is 0. The highest BCUT2D eigenvalue weighted by Crippen LogP contribution is 2.19. The minimum Gasteiger partial charge on any atom is -0.298 e. The Morgan fingerprint density at radius 3 is 3.00 bits per heavy atom. The van der Waals surface area contributed by atoms with E-state index < -0.39 is 0 Å². The van der Waals surface area contributed by atoms with E-state index in [0.29, 0.717) is 0 Å². The van der Waals surface area contributed by atoms with Gasteiger partial charge in [-0.2, -0.15) is 11.8 Å². The molecule has 4 heteroatoms. The van der Waals surface area contributed by atoms with E-state index in [4.69, 9.17) is 0 Å². The van der Waals surface area contributed by atoms with Crippen molar-refractivity contribution in [2.45, 2.75) is 12.6 Å². The molecule has 0 radical (unpaired) electrons. The Balaban J connectivity index is 1.96. The molecule has 1 fully saturated rings. The Morgan fingerprint density at radius 1 is 1.50 bits per heavy atom. The van der Waals surface area contributed by atoms with Crippen molar-refractivity contribution in [1.82, 2.24) is 4.90 Å². The number of dihydropyridines is 1. The average Bonchev–Trinajstić information content (AvgIpc) is 2.30. The summed E-state index contributed by atoms with van der Waals surface area (Å²) in [4.78, 5) is 17.4. The predicted octanol–water partition coefficient (Wildman–Crippen LogP) is 0.961. The first-order valence-electron chi connectivity index (χ1n) is 4.89. The van der Waals surface area contributed by atoms with Gasteiger partial charge in [-0.3, -0.25) is 14.7 Å². The van der Waals surface area contributed by atoms with Gasteiger partial charge in [0.15, 0.2) is 0 Å². The van der Waals surface area contributed by atoms with Gasteiger partial charge in [0.05, 0.1) is 0 Å². The first-order chi connectivity index (χ1) is 6.90. The third kappa shape index (κ3) is 2.25. The van der Waals surface area contributed by atoms with Gasteiger partial charge >= 0.3 is 0 Å². The molecule has 0 aromatic carbocycles. The molecule has 0 aromatic rings. The van der Waals surface area contributed by atoms with E-state index in [-0.39, 0.29) is 6.17 Å². The minimum absolute atomic E-state index is 0.209. The van der Waals surface area contributed by atoms with E-state index in [9.17, 15) is 4.79 Å². The largest absolute Gasteiger partial charge is 0.298 e. The lowest BCUT2D eigenvalue weighted by atomic mass is 10.1. The zero-order chi connectivity index (χ0) is 9.80. The van der Waals surface area contributed by atoms with Crippen molar-refractivity contribution in [3.05, 3.63) is 11.6 Å². The molecule has 0 N–H and O–H groups in total. The molecule has 0 spiro atoms. The lowest BCUT2D eigenvalue weighted by Crippen LogP contribution is -2.41. The molecule has 76 valence electrons. The second-order valence-corrected chi connectivity index (χ2v) is 4.72. The maximum absolute atomic E-state index is 10.6. The van der Waals surface area contributed by atoms with Crippen LogP contribution in [-0.2, 0) is 4.79 Å². The molecular weight excluding hydrogens is 196 g/mol. The molecule has 14 heavy (non-hydrogen) atoms. The van der Waals surface area contributed by atoms with Gasteiger partial charge in [-0.25, -0.2) is 0 Å². The van der Waals surface area contributed by atoms with Gasteiger partial charge in [0.2, 0.25) is 0 Å². The number of aliphatic imine (C=N–C) groups is 1. The zero-order valence-electron chi connectivity index (χ0n) is 8.06. The molecule has 0 bridgehead atoms. The molecule has 1 saturated heterocycles. The summed E-state index contributed by atoms with van der Waals surface area (Å²) in [6.07, 6.45) is 5.50. The Labute approximate surface area is 88.3 Å². The summed E-state index contributed by atoms with van der Waals surface area (Å²) >= 11 is 1.99. The van der Waals surface area contributed by atoms with Crippen LogP contribution in [0.5, 0.6) is 0 Å². The molecule has 1 unspecified atom stereocenters. The van der Waals surface area contributed by atoms with Crippen molar-refractivity contribution in [3.8, 4) is 0 Å². The number of nitrogens with zero attached hydrogens (tertiary/aromatic N) is 2. The van der Waals surface area contributed by atoms with Crippen molar-refractivity contribution in [1.29, 1.82) is 0 Å². The van der Waals surface area contributed by atoms with E-state index in [1.165, 1.54) is 11.5 Å². The maximum Gasteiger partial charge on any atom is 0.146 e. The average molecular weight is 210 g/mol. The van der Waals surface area contributed by atoms with Crippen LogP contribution in [0, 0.1) is 0 Å². The van der Waals surface area contributed by atoms with Crippen LogP contribution in [0.3, 0.4) is 0 Å². The highest BCUT2D eigenvalue weighted by Gasteiger charge is 2.21. The van der Waals surface area contributed by atoms with Crippen molar-refractivity contribution in [2.24, 2.45) is 4.99 Å². The third-order valence-corrected chi connectivity index (χ3v) is 3.53.